The highest BCUT2D eigenvalue weighted by Gasteiger charge is 2.20. The van der Waals surface area contributed by atoms with Crippen molar-refractivity contribution in [1.29, 1.82) is 0 Å². The molecule has 0 aliphatic carbocycles. The first kappa shape index (κ1) is 17.4. The Kier molecular flexibility index (Phi) is 4.47. The van der Waals surface area contributed by atoms with Crippen LogP contribution < -0.4 is 5.56 Å². The Morgan fingerprint density at radius 3 is 2.60 bits per heavy atom. The molecule has 0 spiro atoms. The molecule has 1 aromatic carbocycles. The highest BCUT2D eigenvalue weighted by molar-refractivity contribution is 7.17. The summed E-state index contributed by atoms with van der Waals surface area (Å²) < 4.78 is 1.29. The van der Waals surface area contributed by atoms with Gasteiger partial charge in [-0.2, -0.15) is 0 Å². The van der Waals surface area contributed by atoms with Gasteiger partial charge in [-0.3, -0.25) is 14.2 Å². The highest BCUT2D eigenvalue weighted by atomic mass is 32.1. The van der Waals surface area contributed by atoms with Crippen LogP contribution in [0.4, 0.5) is 0 Å². The topological polar surface area (TPSA) is 72.2 Å². The lowest BCUT2D eigenvalue weighted by molar-refractivity contribution is -0.137. The lowest BCUT2D eigenvalue weighted by Crippen LogP contribution is -2.29. The van der Waals surface area contributed by atoms with Crippen molar-refractivity contribution in [2.75, 3.05) is 0 Å². The molecule has 2 heterocycles. The molecular weight excluding hydrogens is 336 g/mol. The minimum atomic E-state index is -1.05. The van der Waals surface area contributed by atoms with Crippen LogP contribution in [0.15, 0.2) is 28.4 Å². The Labute approximate surface area is 149 Å². The summed E-state index contributed by atoms with van der Waals surface area (Å²) in [5.74, 6) is -0.578. The number of rotatable bonds is 4. The molecule has 0 aliphatic heterocycles. The summed E-state index contributed by atoms with van der Waals surface area (Å²) in [6.07, 6.45) is 0. The molecule has 25 heavy (non-hydrogen) atoms. The van der Waals surface area contributed by atoms with Crippen LogP contribution >= 0.6 is 11.3 Å². The van der Waals surface area contributed by atoms with E-state index in [1.54, 1.807) is 0 Å². The zero-order chi connectivity index (χ0) is 18.3. The van der Waals surface area contributed by atoms with E-state index >= 15 is 0 Å². The fourth-order valence-electron chi connectivity index (χ4n) is 3.08. The van der Waals surface area contributed by atoms with Crippen molar-refractivity contribution in [3.8, 4) is 11.1 Å². The van der Waals surface area contributed by atoms with E-state index in [1.807, 2.05) is 45.2 Å². The van der Waals surface area contributed by atoms with E-state index in [0.29, 0.717) is 16.0 Å². The van der Waals surface area contributed by atoms with Gasteiger partial charge < -0.3 is 5.11 Å². The molecule has 0 radical (unpaired) electrons. The molecule has 1 N–H and O–H groups in total. The van der Waals surface area contributed by atoms with Crippen molar-refractivity contribution in [1.82, 2.24) is 9.55 Å². The van der Waals surface area contributed by atoms with Crippen LogP contribution in [0.1, 0.15) is 36.7 Å². The largest absolute Gasteiger partial charge is 0.480 e. The highest BCUT2D eigenvalue weighted by Crippen LogP contribution is 2.33. The smallest absolute Gasteiger partial charge is 0.323 e. The molecule has 0 fully saturated rings. The van der Waals surface area contributed by atoms with E-state index in [1.165, 1.54) is 15.9 Å². The van der Waals surface area contributed by atoms with Crippen molar-refractivity contribution in [3.05, 3.63) is 50.9 Å². The number of aryl methyl sites for hydroxylation is 2. The molecule has 3 rings (SSSR count). The third kappa shape index (κ3) is 3.09. The van der Waals surface area contributed by atoms with Crippen molar-refractivity contribution < 1.29 is 9.90 Å². The van der Waals surface area contributed by atoms with E-state index in [9.17, 15) is 14.7 Å². The average Bonchev–Trinajstić information content (AvgIpc) is 2.93. The van der Waals surface area contributed by atoms with E-state index in [4.69, 9.17) is 0 Å². The van der Waals surface area contributed by atoms with Crippen LogP contribution in [0.25, 0.3) is 21.3 Å². The normalized spacial score (nSPS) is 11.4. The van der Waals surface area contributed by atoms with Gasteiger partial charge in [0.25, 0.3) is 5.56 Å². The second-order valence-corrected chi connectivity index (χ2v) is 7.42. The molecular formula is C19H20N2O3S. The van der Waals surface area contributed by atoms with Crippen molar-refractivity contribution >= 4 is 27.5 Å². The quantitative estimate of drug-likeness (QED) is 0.768. The SMILES string of the molecule is Cc1ccc(-c2csc3nc(C(C)C)n(CC(=O)O)c(=O)c23)c(C)c1. The second-order valence-electron chi connectivity index (χ2n) is 6.56. The predicted molar refractivity (Wildman–Crippen MR) is 101 cm³/mol. The number of carbonyl (C=O) groups is 1. The van der Waals surface area contributed by atoms with Crippen molar-refractivity contribution in [2.45, 2.75) is 40.2 Å². The fourth-order valence-corrected chi connectivity index (χ4v) is 4.02. The molecule has 130 valence electrons. The Balaban J connectivity index is 2.34. The molecule has 0 saturated heterocycles. The van der Waals surface area contributed by atoms with Gasteiger partial charge in [0.1, 0.15) is 17.2 Å². The van der Waals surface area contributed by atoms with Crippen molar-refractivity contribution in [2.24, 2.45) is 0 Å². The number of nitrogens with zero attached hydrogens (tertiary/aromatic N) is 2. The number of thiophene rings is 1. The molecule has 0 aliphatic rings. The molecule has 3 aromatic rings. The number of carboxylic acid groups (broad SMARTS) is 1. The number of hydrogen-bond donors (Lipinski definition) is 1. The maximum absolute atomic E-state index is 13.1. The lowest BCUT2D eigenvalue weighted by Gasteiger charge is -2.13. The number of hydrogen-bond acceptors (Lipinski definition) is 4. The zero-order valence-electron chi connectivity index (χ0n) is 14.7. The number of benzene rings is 1. The Morgan fingerprint density at radius 1 is 1.28 bits per heavy atom. The summed E-state index contributed by atoms with van der Waals surface area (Å²) in [5.41, 5.74) is 3.76. The molecule has 0 bridgehead atoms. The maximum atomic E-state index is 13.1. The third-order valence-corrected chi connectivity index (χ3v) is 5.08. The molecule has 0 atom stereocenters. The summed E-state index contributed by atoms with van der Waals surface area (Å²) in [4.78, 5) is 29.6. The first-order valence-corrected chi connectivity index (χ1v) is 8.99. The van der Waals surface area contributed by atoms with Crippen LogP contribution in [0, 0.1) is 13.8 Å². The molecule has 0 unspecified atom stereocenters. The molecule has 6 heteroatoms. The monoisotopic (exact) mass is 356 g/mol. The fraction of sp³-hybridized carbons (Fsp3) is 0.316. The minimum absolute atomic E-state index is 0.0388. The van der Waals surface area contributed by atoms with Gasteiger partial charge in [-0.1, -0.05) is 37.6 Å². The summed E-state index contributed by atoms with van der Waals surface area (Å²) >= 11 is 1.42. The van der Waals surface area contributed by atoms with Crippen LogP contribution in [0.3, 0.4) is 0 Å². The molecule has 5 nitrogen and oxygen atoms in total. The number of fused-ring (bicyclic) bond motifs is 1. The summed E-state index contributed by atoms with van der Waals surface area (Å²) in [6.45, 7) is 7.48. The summed E-state index contributed by atoms with van der Waals surface area (Å²) in [5, 5.41) is 11.6. The summed E-state index contributed by atoms with van der Waals surface area (Å²) in [6, 6.07) is 6.09. The maximum Gasteiger partial charge on any atom is 0.323 e. The molecule has 0 saturated carbocycles. The predicted octanol–water partition coefficient (Wildman–Crippen LogP) is 3.95. The Morgan fingerprint density at radius 2 is 2.00 bits per heavy atom. The van der Waals surface area contributed by atoms with Gasteiger partial charge >= 0.3 is 5.97 Å². The van der Waals surface area contributed by atoms with E-state index in [0.717, 1.165) is 22.3 Å². The minimum Gasteiger partial charge on any atom is -0.480 e. The van der Waals surface area contributed by atoms with Crippen LogP contribution in [-0.2, 0) is 11.3 Å². The standard InChI is InChI=1S/C19H20N2O3S/c1-10(2)17-20-18-16(19(24)21(17)8-15(22)23)14(9-25-18)13-6-5-11(3)7-12(13)4/h5-7,9-10H,8H2,1-4H3,(H,22,23). The third-order valence-electron chi connectivity index (χ3n) is 4.21. The first-order chi connectivity index (χ1) is 11.8. The number of aromatic nitrogens is 2. The van der Waals surface area contributed by atoms with Gasteiger partial charge in [0, 0.05) is 16.9 Å². The van der Waals surface area contributed by atoms with Gasteiger partial charge in [-0.25, -0.2) is 4.98 Å². The lowest BCUT2D eigenvalue weighted by atomic mass is 9.99. The zero-order valence-corrected chi connectivity index (χ0v) is 15.5. The van der Waals surface area contributed by atoms with E-state index in [-0.39, 0.29) is 18.0 Å². The van der Waals surface area contributed by atoms with E-state index in [2.05, 4.69) is 11.1 Å². The second kappa shape index (κ2) is 6.44. The van der Waals surface area contributed by atoms with Gasteiger partial charge in [0.15, 0.2) is 0 Å². The number of carboxylic acids is 1. The average molecular weight is 356 g/mol. The van der Waals surface area contributed by atoms with Gasteiger partial charge in [-0.15, -0.1) is 11.3 Å². The summed E-state index contributed by atoms with van der Waals surface area (Å²) in [7, 11) is 0. The van der Waals surface area contributed by atoms with Gasteiger partial charge in [-0.05, 0) is 25.0 Å². The Bertz CT molecular complexity index is 1030. The van der Waals surface area contributed by atoms with E-state index < -0.39 is 5.97 Å². The molecule has 2 aromatic heterocycles. The number of aliphatic carboxylic acids is 1. The van der Waals surface area contributed by atoms with Gasteiger partial charge in [0.05, 0.1) is 5.39 Å². The van der Waals surface area contributed by atoms with Crippen LogP contribution in [0.5, 0.6) is 0 Å². The van der Waals surface area contributed by atoms with Crippen LogP contribution in [0.2, 0.25) is 0 Å². The first-order valence-electron chi connectivity index (χ1n) is 8.11. The van der Waals surface area contributed by atoms with Crippen LogP contribution in [-0.4, -0.2) is 20.6 Å². The van der Waals surface area contributed by atoms with Gasteiger partial charge in [0.2, 0.25) is 0 Å². The van der Waals surface area contributed by atoms with Crippen molar-refractivity contribution in [3.63, 3.8) is 0 Å². The Hall–Kier alpha value is -2.47. The molecule has 0 amide bonds.